The van der Waals surface area contributed by atoms with Gasteiger partial charge in [-0.05, 0) is 48.1 Å². The number of nitrogens with one attached hydrogen (secondary N) is 3. The third-order valence-electron chi connectivity index (χ3n) is 8.46. The van der Waals surface area contributed by atoms with Crippen molar-refractivity contribution in [3.8, 4) is 0 Å². The van der Waals surface area contributed by atoms with Crippen LogP contribution in [0.25, 0.3) is 0 Å². The Balaban J connectivity index is 1.45. The molecule has 2 heterocycles. The topological polar surface area (TPSA) is 147 Å². The number of benzene rings is 2. The number of carbonyl (C=O) groups is 4. The van der Waals surface area contributed by atoms with Crippen LogP contribution in [0.15, 0.2) is 79.1 Å². The van der Waals surface area contributed by atoms with Gasteiger partial charge >= 0.3 is 0 Å². The van der Waals surface area contributed by atoms with E-state index in [1.54, 1.807) is 37.3 Å². The van der Waals surface area contributed by atoms with Crippen molar-refractivity contribution in [2.75, 3.05) is 13.6 Å². The van der Waals surface area contributed by atoms with Crippen molar-refractivity contribution in [1.29, 1.82) is 0 Å². The lowest BCUT2D eigenvalue weighted by atomic mass is 9.95. The molecule has 0 radical (unpaired) electrons. The summed E-state index contributed by atoms with van der Waals surface area (Å²) >= 11 is 0. The quantitative estimate of drug-likeness (QED) is 0.302. The first kappa shape index (κ1) is 29.9. The van der Waals surface area contributed by atoms with Gasteiger partial charge < -0.3 is 26.6 Å². The number of nitrogens with two attached hydrogens (primary N) is 1. The Morgan fingerprint density at radius 2 is 1.74 bits per heavy atom. The molecule has 2 aromatic carbocycles. The molecule has 2 aliphatic rings. The molecule has 0 saturated carbocycles. The second-order valence-corrected chi connectivity index (χ2v) is 11.4. The van der Waals surface area contributed by atoms with E-state index in [1.165, 1.54) is 0 Å². The third-order valence-corrected chi connectivity index (χ3v) is 8.46. The van der Waals surface area contributed by atoms with Gasteiger partial charge in [0.15, 0.2) is 0 Å². The van der Waals surface area contributed by atoms with Gasteiger partial charge in [0.25, 0.3) is 0 Å². The highest BCUT2D eigenvalue weighted by atomic mass is 16.2. The van der Waals surface area contributed by atoms with E-state index in [0.29, 0.717) is 19.4 Å². The summed E-state index contributed by atoms with van der Waals surface area (Å²) in [5, 5.41) is 8.66. The Morgan fingerprint density at radius 3 is 2.44 bits per heavy atom. The van der Waals surface area contributed by atoms with Crippen molar-refractivity contribution in [2.24, 2.45) is 11.7 Å². The van der Waals surface area contributed by atoms with Crippen LogP contribution < -0.4 is 21.7 Å². The number of pyridine rings is 1. The highest BCUT2D eigenvalue weighted by Crippen LogP contribution is 2.38. The monoisotopic (exact) mass is 582 g/mol. The summed E-state index contributed by atoms with van der Waals surface area (Å²) < 4.78 is 0. The van der Waals surface area contributed by atoms with E-state index in [9.17, 15) is 19.2 Å². The standard InChI is InChI=1S/C33H38N6O4/c1-20(34)30(40)37-27(15-21-9-8-14-36-18-21)33(43)39-19-24(22-10-4-3-5-11-22)17-28(39)32(42)38-29-25-13-7-6-12-23(25)16-26(29)31(41)35-2/h3-14,18,20,24,26-29H,15-17,19,34H2,1-2H3,(H,35,41)(H,37,40)(H,38,42). The van der Waals surface area contributed by atoms with Crippen LogP contribution in [0.5, 0.6) is 0 Å². The molecule has 224 valence electrons. The van der Waals surface area contributed by atoms with Gasteiger partial charge in [-0.15, -0.1) is 0 Å². The van der Waals surface area contributed by atoms with Crippen LogP contribution in [-0.4, -0.2) is 65.2 Å². The summed E-state index contributed by atoms with van der Waals surface area (Å²) in [6, 6.07) is 18.0. The van der Waals surface area contributed by atoms with Crippen LogP contribution in [0.3, 0.4) is 0 Å². The predicted molar refractivity (Wildman–Crippen MR) is 161 cm³/mol. The Hall–Kier alpha value is -4.57. The fourth-order valence-electron chi connectivity index (χ4n) is 6.21. The van der Waals surface area contributed by atoms with Crippen LogP contribution in [0.2, 0.25) is 0 Å². The minimum atomic E-state index is -0.946. The molecular weight excluding hydrogens is 544 g/mol. The number of hydrogen-bond acceptors (Lipinski definition) is 6. The molecular formula is C33H38N6O4. The molecule has 5 rings (SSSR count). The van der Waals surface area contributed by atoms with Crippen LogP contribution in [0, 0.1) is 5.92 Å². The maximum atomic E-state index is 14.3. The molecule has 1 aromatic heterocycles. The van der Waals surface area contributed by atoms with Crippen molar-refractivity contribution in [3.05, 3.63) is 101 Å². The maximum absolute atomic E-state index is 14.3. The van der Waals surface area contributed by atoms with Gasteiger partial charge in [-0.1, -0.05) is 60.7 Å². The first-order valence-corrected chi connectivity index (χ1v) is 14.7. The van der Waals surface area contributed by atoms with Crippen LogP contribution >= 0.6 is 0 Å². The molecule has 0 spiro atoms. The van der Waals surface area contributed by atoms with E-state index in [2.05, 4.69) is 20.9 Å². The molecule has 1 aliphatic heterocycles. The largest absolute Gasteiger partial charge is 0.359 e. The third kappa shape index (κ3) is 6.59. The highest BCUT2D eigenvalue weighted by molar-refractivity contribution is 5.94. The molecule has 3 aromatic rings. The van der Waals surface area contributed by atoms with Crippen molar-refractivity contribution < 1.29 is 19.2 Å². The second kappa shape index (κ2) is 13.2. The van der Waals surface area contributed by atoms with E-state index in [4.69, 9.17) is 5.73 Å². The zero-order chi connectivity index (χ0) is 30.5. The lowest BCUT2D eigenvalue weighted by molar-refractivity contribution is -0.142. The van der Waals surface area contributed by atoms with Crippen molar-refractivity contribution in [2.45, 2.75) is 56.3 Å². The maximum Gasteiger partial charge on any atom is 0.246 e. The lowest BCUT2D eigenvalue weighted by Crippen LogP contribution is -2.56. The molecule has 5 N–H and O–H groups in total. The Morgan fingerprint density at radius 1 is 1.00 bits per heavy atom. The van der Waals surface area contributed by atoms with Crippen molar-refractivity contribution >= 4 is 23.6 Å². The highest BCUT2D eigenvalue weighted by Gasteiger charge is 2.45. The normalized spacial score (nSPS) is 22.3. The van der Waals surface area contributed by atoms with Gasteiger partial charge in [0.05, 0.1) is 18.0 Å². The van der Waals surface area contributed by atoms with Crippen molar-refractivity contribution in [3.63, 3.8) is 0 Å². The minimum absolute atomic E-state index is 0.0883. The number of hydrogen-bond donors (Lipinski definition) is 4. The first-order valence-electron chi connectivity index (χ1n) is 14.7. The Kier molecular flexibility index (Phi) is 9.16. The lowest BCUT2D eigenvalue weighted by Gasteiger charge is -2.30. The van der Waals surface area contributed by atoms with Crippen LogP contribution in [0.1, 0.15) is 47.6 Å². The SMILES string of the molecule is CNC(=O)C1Cc2ccccc2C1NC(=O)C1CC(c2ccccc2)CN1C(=O)C(Cc1cccnc1)NC(=O)C(C)N. The first-order chi connectivity index (χ1) is 20.8. The number of aromatic nitrogens is 1. The minimum Gasteiger partial charge on any atom is -0.359 e. The number of carbonyl (C=O) groups excluding carboxylic acids is 4. The summed E-state index contributed by atoms with van der Waals surface area (Å²) in [6.45, 7) is 1.86. The van der Waals surface area contributed by atoms with Gasteiger partial charge in [-0.2, -0.15) is 0 Å². The number of amides is 4. The Labute approximate surface area is 251 Å². The molecule has 6 atom stereocenters. The predicted octanol–water partition coefficient (Wildman–Crippen LogP) is 1.62. The molecule has 1 saturated heterocycles. The fourth-order valence-corrected chi connectivity index (χ4v) is 6.21. The van der Waals surface area contributed by atoms with Gasteiger partial charge in [-0.3, -0.25) is 24.2 Å². The molecule has 1 aliphatic carbocycles. The van der Waals surface area contributed by atoms with E-state index < -0.39 is 36.0 Å². The van der Waals surface area contributed by atoms with Gasteiger partial charge in [0.2, 0.25) is 23.6 Å². The zero-order valence-corrected chi connectivity index (χ0v) is 24.4. The smallest absolute Gasteiger partial charge is 0.246 e. The summed E-state index contributed by atoms with van der Waals surface area (Å²) in [5.41, 5.74) is 9.54. The zero-order valence-electron chi connectivity index (χ0n) is 24.4. The molecule has 1 fully saturated rings. The molecule has 6 unspecified atom stereocenters. The van der Waals surface area contributed by atoms with E-state index in [0.717, 1.165) is 22.3 Å². The van der Waals surface area contributed by atoms with E-state index in [1.807, 2.05) is 60.7 Å². The van der Waals surface area contributed by atoms with Gasteiger partial charge in [-0.25, -0.2) is 0 Å². The second-order valence-electron chi connectivity index (χ2n) is 11.4. The number of rotatable bonds is 9. The summed E-state index contributed by atoms with van der Waals surface area (Å²) in [6.07, 6.45) is 4.40. The van der Waals surface area contributed by atoms with Gasteiger partial charge in [0.1, 0.15) is 12.1 Å². The number of likely N-dealkylation sites (tertiary alicyclic amines) is 1. The van der Waals surface area contributed by atoms with Crippen LogP contribution in [0.4, 0.5) is 0 Å². The summed E-state index contributed by atoms with van der Waals surface area (Å²) in [4.78, 5) is 59.6. The van der Waals surface area contributed by atoms with Crippen molar-refractivity contribution in [1.82, 2.24) is 25.8 Å². The Bertz CT molecular complexity index is 1460. The summed E-state index contributed by atoms with van der Waals surface area (Å²) in [5.74, 6) is -1.87. The average molecular weight is 583 g/mol. The van der Waals surface area contributed by atoms with Gasteiger partial charge in [0, 0.05) is 38.3 Å². The molecule has 10 nitrogen and oxygen atoms in total. The molecule has 43 heavy (non-hydrogen) atoms. The average Bonchev–Trinajstić information content (AvgIpc) is 3.63. The summed E-state index contributed by atoms with van der Waals surface area (Å²) in [7, 11) is 1.59. The van der Waals surface area contributed by atoms with E-state index in [-0.39, 0.29) is 30.1 Å². The fraction of sp³-hybridized carbons (Fsp3) is 0.364. The molecule has 0 bridgehead atoms. The van der Waals surface area contributed by atoms with E-state index >= 15 is 0 Å². The molecule has 4 amide bonds. The number of fused-ring (bicyclic) bond motifs is 1. The van der Waals surface area contributed by atoms with Crippen LogP contribution in [-0.2, 0) is 32.0 Å². The number of nitrogens with zero attached hydrogens (tertiary/aromatic N) is 2. The molecule has 10 heteroatoms.